The van der Waals surface area contributed by atoms with E-state index >= 15 is 0 Å². The molecule has 15 heavy (non-hydrogen) atoms. The highest BCUT2D eigenvalue weighted by atomic mass is 35.5. The first kappa shape index (κ1) is 13.5. The van der Waals surface area contributed by atoms with Crippen LogP contribution in [0.1, 0.15) is 6.92 Å². The van der Waals surface area contributed by atoms with Crippen LogP contribution in [0.2, 0.25) is 0 Å². The van der Waals surface area contributed by atoms with Crippen LogP contribution in [0.25, 0.3) is 0 Å². The fourth-order valence-corrected chi connectivity index (χ4v) is 0.846. The van der Waals surface area contributed by atoms with Gasteiger partial charge in [-0.25, -0.2) is 0 Å². The topological polar surface area (TPSA) is 46.0 Å². The number of rotatable bonds is 3. The first-order valence-electron chi connectivity index (χ1n) is 4.35. The number of allylic oxidation sites excluding steroid dienone is 1. The van der Waals surface area contributed by atoms with Crippen molar-refractivity contribution in [3.05, 3.63) is 11.6 Å². The van der Waals surface area contributed by atoms with Gasteiger partial charge in [0.15, 0.2) is 0 Å². The average Bonchev–Trinajstić information content (AvgIpc) is 2.25. The van der Waals surface area contributed by atoms with E-state index < -0.39 is 0 Å². The third kappa shape index (κ3) is 5.76. The standard InChI is InChI=1S/C10H13N3O.ClH/c1-3-9(2)4-5-14-13-10-6-11-8-12-7-10;/h1,4,8H,5-7H2,2H3,(H,11,12);1H/b9-4+;. The van der Waals surface area contributed by atoms with E-state index in [0.29, 0.717) is 19.7 Å². The van der Waals surface area contributed by atoms with Gasteiger partial charge in [0, 0.05) is 0 Å². The second-order valence-electron chi connectivity index (χ2n) is 2.84. The summed E-state index contributed by atoms with van der Waals surface area (Å²) < 4.78 is 0. The number of nitrogens with one attached hydrogen (secondary N) is 1. The van der Waals surface area contributed by atoms with Gasteiger partial charge in [0.2, 0.25) is 0 Å². The first-order chi connectivity index (χ1) is 6.83. The predicted molar refractivity (Wildman–Crippen MR) is 64.6 cm³/mol. The molecule has 0 atom stereocenters. The fourth-order valence-electron chi connectivity index (χ4n) is 0.846. The lowest BCUT2D eigenvalue weighted by atomic mass is 10.3. The molecular weight excluding hydrogens is 214 g/mol. The van der Waals surface area contributed by atoms with E-state index in [1.807, 2.05) is 13.0 Å². The Morgan fingerprint density at radius 1 is 1.87 bits per heavy atom. The lowest BCUT2D eigenvalue weighted by molar-refractivity contribution is 0.173. The summed E-state index contributed by atoms with van der Waals surface area (Å²) in [6.07, 6.45) is 8.64. The summed E-state index contributed by atoms with van der Waals surface area (Å²) in [5.41, 5.74) is 1.74. The zero-order valence-corrected chi connectivity index (χ0v) is 9.38. The van der Waals surface area contributed by atoms with E-state index in [-0.39, 0.29) is 12.4 Å². The van der Waals surface area contributed by atoms with Crippen molar-refractivity contribution in [2.75, 3.05) is 19.7 Å². The van der Waals surface area contributed by atoms with Crippen molar-refractivity contribution in [1.82, 2.24) is 5.32 Å². The monoisotopic (exact) mass is 227 g/mol. The van der Waals surface area contributed by atoms with E-state index in [1.165, 1.54) is 0 Å². The molecule has 0 saturated heterocycles. The maximum atomic E-state index is 5.16. The molecule has 1 rings (SSSR count). The molecule has 0 aromatic carbocycles. The Morgan fingerprint density at radius 3 is 3.27 bits per heavy atom. The molecule has 1 heterocycles. The molecule has 4 nitrogen and oxygen atoms in total. The Kier molecular flexibility index (Phi) is 7.12. The van der Waals surface area contributed by atoms with E-state index in [4.69, 9.17) is 11.3 Å². The third-order valence-electron chi connectivity index (χ3n) is 1.65. The van der Waals surface area contributed by atoms with Crippen molar-refractivity contribution in [3.63, 3.8) is 0 Å². The third-order valence-corrected chi connectivity index (χ3v) is 1.65. The number of halogens is 1. The van der Waals surface area contributed by atoms with Gasteiger partial charge in [-0.2, -0.15) is 0 Å². The summed E-state index contributed by atoms with van der Waals surface area (Å²) in [6, 6.07) is 0. The zero-order chi connectivity index (χ0) is 10.2. The van der Waals surface area contributed by atoms with Gasteiger partial charge in [-0.3, -0.25) is 4.99 Å². The molecule has 0 aromatic heterocycles. The minimum Gasteiger partial charge on any atom is -0.391 e. The molecule has 0 bridgehead atoms. The molecule has 1 aliphatic rings. The van der Waals surface area contributed by atoms with Gasteiger partial charge >= 0.3 is 0 Å². The smallest absolute Gasteiger partial charge is 0.136 e. The van der Waals surface area contributed by atoms with Gasteiger partial charge < -0.3 is 10.2 Å². The first-order valence-corrected chi connectivity index (χ1v) is 4.35. The molecule has 0 saturated carbocycles. The minimum absolute atomic E-state index is 0. The second-order valence-corrected chi connectivity index (χ2v) is 2.84. The van der Waals surface area contributed by atoms with E-state index in [1.54, 1.807) is 6.34 Å². The van der Waals surface area contributed by atoms with Crippen LogP contribution in [0.4, 0.5) is 0 Å². The number of oxime groups is 1. The molecular formula is C10H14ClN3O. The zero-order valence-electron chi connectivity index (χ0n) is 8.56. The molecule has 5 heteroatoms. The maximum absolute atomic E-state index is 5.16. The Hall–Kier alpha value is -1.47. The van der Waals surface area contributed by atoms with Crippen LogP contribution in [0.3, 0.4) is 0 Å². The predicted octanol–water partition coefficient (Wildman–Crippen LogP) is 0.992. The van der Waals surface area contributed by atoms with Gasteiger partial charge in [0.1, 0.15) is 6.61 Å². The largest absolute Gasteiger partial charge is 0.391 e. The highest BCUT2D eigenvalue weighted by Gasteiger charge is 2.01. The van der Waals surface area contributed by atoms with Gasteiger partial charge in [-0.05, 0) is 18.6 Å². The van der Waals surface area contributed by atoms with E-state index in [0.717, 1.165) is 11.3 Å². The van der Waals surface area contributed by atoms with Crippen LogP contribution in [-0.4, -0.2) is 31.7 Å². The van der Waals surface area contributed by atoms with E-state index in [2.05, 4.69) is 21.4 Å². The quantitative estimate of drug-likeness (QED) is 0.444. The fraction of sp³-hybridized carbons (Fsp3) is 0.400. The van der Waals surface area contributed by atoms with Crippen LogP contribution in [0.5, 0.6) is 0 Å². The maximum Gasteiger partial charge on any atom is 0.136 e. The summed E-state index contributed by atoms with van der Waals surface area (Å²) in [6.45, 7) is 3.55. The van der Waals surface area contributed by atoms with Crippen LogP contribution >= 0.6 is 12.4 Å². The number of nitrogens with zero attached hydrogens (tertiary/aromatic N) is 2. The summed E-state index contributed by atoms with van der Waals surface area (Å²) in [5.74, 6) is 2.50. The van der Waals surface area contributed by atoms with E-state index in [9.17, 15) is 0 Å². The molecule has 0 spiro atoms. The van der Waals surface area contributed by atoms with Gasteiger partial charge in [-0.1, -0.05) is 11.1 Å². The Balaban J connectivity index is 0.00000196. The summed E-state index contributed by atoms with van der Waals surface area (Å²) in [5, 5.41) is 6.86. The van der Waals surface area contributed by atoms with Crippen molar-refractivity contribution in [2.45, 2.75) is 6.92 Å². The van der Waals surface area contributed by atoms with Crippen LogP contribution < -0.4 is 5.32 Å². The lowest BCUT2D eigenvalue weighted by Crippen LogP contribution is -2.28. The molecule has 1 N–H and O–H groups in total. The summed E-state index contributed by atoms with van der Waals surface area (Å²) in [7, 11) is 0. The molecule has 0 radical (unpaired) electrons. The van der Waals surface area contributed by atoms with Crippen LogP contribution in [-0.2, 0) is 4.84 Å². The number of hydrogen-bond acceptors (Lipinski definition) is 4. The highest BCUT2D eigenvalue weighted by Crippen LogP contribution is 1.91. The molecule has 1 aliphatic heterocycles. The van der Waals surface area contributed by atoms with Crippen molar-refractivity contribution in [3.8, 4) is 12.3 Å². The molecule has 82 valence electrons. The average molecular weight is 228 g/mol. The number of hydrogen-bond donors (Lipinski definition) is 1. The summed E-state index contributed by atoms with van der Waals surface area (Å²) >= 11 is 0. The Labute approximate surface area is 95.9 Å². The van der Waals surface area contributed by atoms with Crippen molar-refractivity contribution in [2.24, 2.45) is 10.1 Å². The van der Waals surface area contributed by atoms with Crippen molar-refractivity contribution in [1.29, 1.82) is 0 Å². The van der Waals surface area contributed by atoms with Crippen LogP contribution in [0.15, 0.2) is 21.8 Å². The number of terminal acetylenes is 1. The number of aliphatic imine (C=N–C) groups is 1. The van der Waals surface area contributed by atoms with Gasteiger partial charge in [-0.15, -0.1) is 18.8 Å². The SMILES string of the molecule is C#C/C(C)=C/CON=C1CN=CNC1.Cl. The molecule has 0 amide bonds. The van der Waals surface area contributed by atoms with Gasteiger partial charge in [0.25, 0.3) is 0 Å². The normalized spacial score (nSPS) is 17.6. The van der Waals surface area contributed by atoms with Crippen LogP contribution in [0, 0.1) is 12.3 Å². The van der Waals surface area contributed by atoms with Crippen molar-refractivity contribution >= 4 is 24.5 Å². The van der Waals surface area contributed by atoms with Crippen molar-refractivity contribution < 1.29 is 4.84 Å². The molecule has 0 unspecified atom stereocenters. The Bertz CT molecular complexity index is 315. The summed E-state index contributed by atoms with van der Waals surface area (Å²) in [4.78, 5) is 9.04. The van der Waals surface area contributed by atoms with Gasteiger partial charge in [0.05, 0.1) is 25.1 Å². The second kappa shape index (κ2) is 7.89. The molecule has 0 aliphatic carbocycles. The molecule has 0 fully saturated rings. The minimum atomic E-state index is 0. The molecule has 0 aromatic rings. The highest BCUT2D eigenvalue weighted by molar-refractivity contribution is 5.92. The Morgan fingerprint density at radius 2 is 2.67 bits per heavy atom. The lowest BCUT2D eigenvalue weighted by Gasteiger charge is -2.07.